The highest BCUT2D eigenvalue weighted by Crippen LogP contribution is 2.12. The lowest BCUT2D eigenvalue weighted by Gasteiger charge is -2.30. The Balaban J connectivity index is 4.32. The van der Waals surface area contributed by atoms with Gasteiger partial charge in [0.05, 0.1) is 12.7 Å². The van der Waals surface area contributed by atoms with E-state index in [-0.39, 0.29) is 24.7 Å². The van der Waals surface area contributed by atoms with Gasteiger partial charge in [-0.25, -0.2) is 0 Å². The zero-order valence-electron chi connectivity index (χ0n) is 11.6. The maximum absolute atomic E-state index is 12.1. The van der Waals surface area contributed by atoms with Gasteiger partial charge in [-0.2, -0.15) is 0 Å². The van der Waals surface area contributed by atoms with Crippen molar-refractivity contribution < 1.29 is 14.6 Å². The van der Waals surface area contributed by atoms with Gasteiger partial charge in [0.25, 0.3) is 0 Å². The van der Waals surface area contributed by atoms with Crippen molar-refractivity contribution in [2.45, 2.75) is 58.6 Å². The van der Waals surface area contributed by atoms with Gasteiger partial charge in [0, 0.05) is 26.1 Å². The molecule has 1 N–H and O–H groups in total. The quantitative estimate of drug-likeness (QED) is 0.674. The second-order valence-electron chi connectivity index (χ2n) is 4.37. The molecule has 0 bridgehead atoms. The van der Waals surface area contributed by atoms with E-state index in [2.05, 4.69) is 13.8 Å². The number of aliphatic hydroxyl groups excluding tert-OH is 1. The maximum Gasteiger partial charge on any atom is 0.222 e. The average molecular weight is 245 g/mol. The Labute approximate surface area is 105 Å². The Hall–Kier alpha value is -0.610. The summed E-state index contributed by atoms with van der Waals surface area (Å²) in [4.78, 5) is 13.9. The molecule has 4 heteroatoms. The molecule has 4 nitrogen and oxygen atoms in total. The second kappa shape index (κ2) is 9.42. The summed E-state index contributed by atoms with van der Waals surface area (Å²) < 4.78 is 5.13. The van der Waals surface area contributed by atoms with Crippen molar-refractivity contribution in [1.29, 1.82) is 0 Å². The van der Waals surface area contributed by atoms with Crippen molar-refractivity contribution in [3.8, 4) is 0 Å². The number of ether oxygens (including phenoxy) is 1. The van der Waals surface area contributed by atoms with Gasteiger partial charge in [-0.3, -0.25) is 4.79 Å². The second-order valence-corrected chi connectivity index (χ2v) is 4.37. The molecule has 0 saturated heterocycles. The molecule has 102 valence electrons. The van der Waals surface area contributed by atoms with Crippen LogP contribution in [0.3, 0.4) is 0 Å². The van der Waals surface area contributed by atoms with Gasteiger partial charge in [-0.15, -0.1) is 0 Å². The molecule has 0 rings (SSSR count). The van der Waals surface area contributed by atoms with Crippen molar-refractivity contribution in [3.05, 3.63) is 0 Å². The molecule has 1 unspecified atom stereocenters. The first-order valence-electron chi connectivity index (χ1n) is 6.53. The first kappa shape index (κ1) is 16.4. The fourth-order valence-corrected chi connectivity index (χ4v) is 1.94. The van der Waals surface area contributed by atoms with Crippen molar-refractivity contribution in [2.75, 3.05) is 20.3 Å². The molecule has 1 atom stereocenters. The number of carbonyl (C=O) groups is 1. The summed E-state index contributed by atoms with van der Waals surface area (Å²) in [5, 5.41) is 9.03. The minimum atomic E-state index is 0.0298. The summed E-state index contributed by atoms with van der Waals surface area (Å²) in [6.45, 7) is 6.57. The van der Waals surface area contributed by atoms with E-state index in [0.29, 0.717) is 13.0 Å². The summed E-state index contributed by atoms with van der Waals surface area (Å²) in [5.74, 6) is 0.122. The largest absolute Gasteiger partial charge is 0.395 e. The van der Waals surface area contributed by atoms with Gasteiger partial charge in [0.2, 0.25) is 5.91 Å². The highest BCUT2D eigenvalue weighted by Gasteiger charge is 2.20. The van der Waals surface area contributed by atoms with Gasteiger partial charge in [0.15, 0.2) is 0 Å². The van der Waals surface area contributed by atoms with Crippen LogP contribution in [-0.4, -0.2) is 48.3 Å². The van der Waals surface area contributed by atoms with Gasteiger partial charge in [-0.1, -0.05) is 13.8 Å². The lowest BCUT2D eigenvalue weighted by Crippen LogP contribution is -2.41. The standard InChI is InChI=1S/C13H27NO3/c1-5-12(6-2)14(9-10-15)13(16)8-7-11(3)17-4/h11-12,15H,5-10H2,1-4H3. The number of hydrogen-bond acceptors (Lipinski definition) is 3. The van der Waals surface area contributed by atoms with E-state index >= 15 is 0 Å². The van der Waals surface area contributed by atoms with E-state index in [9.17, 15) is 4.79 Å². The zero-order chi connectivity index (χ0) is 13.3. The summed E-state index contributed by atoms with van der Waals surface area (Å²) in [6.07, 6.45) is 3.20. The molecule has 0 radical (unpaired) electrons. The van der Waals surface area contributed by atoms with Crippen LogP contribution in [0, 0.1) is 0 Å². The molecule has 0 aromatic carbocycles. The normalized spacial score (nSPS) is 12.8. The van der Waals surface area contributed by atoms with Crippen LogP contribution >= 0.6 is 0 Å². The first-order chi connectivity index (χ1) is 8.10. The highest BCUT2D eigenvalue weighted by atomic mass is 16.5. The zero-order valence-corrected chi connectivity index (χ0v) is 11.6. The van der Waals surface area contributed by atoms with Crippen molar-refractivity contribution in [1.82, 2.24) is 4.90 Å². The summed E-state index contributed by atoms with van der Waals surface area (Å²) in [5.41, 5.74) is 0. The molecule has 0 spiro atoms. The van der Waals surface area contributed by atoms with E-state index < -0.39 is 0 Å². The number of methoxy groups -OCH3 is 1. The van der Waals surface area contributed by atoms with Crippen LogP contribution in [0.5, 0.6) is 0 Å². The number of rotatable bonds is 9. The van der Waals surface area contributed by atoms with Crippen LogP contribution < -0.4 is 0 Å². The molecule has 0 aromatic heterocycles. The molecule has 17 heavy (non-hydrogen) atoms. The summed E-state index contributed by atoms with van der Waals surface area (Å²) in [6, 6.07) is 0.243. The number of amides is 1. The average Bonchev–Trinajstić information content (AvgIpc) is 2.35. The van der Waals surface area contributed by atoms with Crippen LogP contribution in [0.4, 0.5) is 0 Å². The van der Waals surface area contributed by atoms with Gasteiger partial charge in [0.1, 0.15) is 0 Å². The third kappa shape index (κ3) is 6.03. The van der Waals surface area contributed by atoms with Crippen LogP contribution in [-0.2, 0) is 9.53 Å². The predicted molar refractivity (Wildman–Crippen MR) is 68.9 cm³/mol. The van der Waals surface area contributed by atoms with Crippen molar-refractivity contribution >= 4 is 5.91 Å². The lowest BCUT2D eigenvalue weighted by molar-refractivity contribution is -0.135. The molecule has 1 amide bonds. The van der Waals surface area contributed by atoms with Crippen LogP contribution in [0.25, 0.3) is 0 Å². The Morgan fingerprint density at radius 2 is 1.94 bits per heavy atom. The number of aliphatic hydroxyl groups is 1. The molecule has 0 aliphatic heterocycles. The minimum Gasteiger partial charge on any atom is -0.395 e. The SMILES string of the molecule is CCC(CC)N(CCO)C(=O)CCC(C)OC. The molecule has 0 aliphatic rings. The molecular formula is C13H27NO3. The number of carbonyl (C=O) groups excluding carboxylic acids is 1. The van der Waals surface area contributed by atoms with Crippen LogP contribution in [0.15, 0.2) is 0 Å². The van der Waals surface area contributed by atoms with Gasteiger partial charge in [-0.05, 0) is 26.2 Å². The van der Waals surface area contributed by atoms with E-state index in [1.807, 2.05) is 11.8 Å². The summed E-state index contributed by atoms with van der Waals surface area (Å²) >= 11 is 0. The maximum atomic E-state index is 12.1. The van der Waals surface area contributed by atoms with E-state index in [1.54, 1.807) is 7.11 Å². The minimum absolute atomic E-state index is 0.0298. The summed E-state index contributed by atoms with van der Waals surface area (Å²) in [7, 11) is 1.65. The van der Waals surface area contributed by atoms with Gasteiger partial charge >= 0.3 is 0 Å². The van der Waals surface area contributed by atoms with E-state index in [0.717, 1.165) is 19.3 Å². The van der Waals surface area contributed by atoms with Crippen molar-refractivity contribution in [3.63, 3.8) is 0 Å². The highest BCUT2D eigenvalue weighted by molar-refractivity contribution is 5.76. The Morgan fingerprint density at radius 1 is 1.35 bits per heavy atom. The Morgan fingerprint density at radius 3 is 2.35 bits per heavy atom. The molecule has 0 saturated carbocycles. The molecule has 0 fully saturated rings. The van der Waals surface area contributed by atoms with Crippen LogP contribution in [0.2, 0.25) is 0 Å². The van der Waals surface area contributed by atoms with Gasteiger partial charge < -0.3 is 14.7 Å². The van der Waals surface area contributed by atoms with E-state index in [1.165, 1.54) is 0 Å². The number of nitrogens with zero attached hydrogens (tertiary/aromatic N) is 1. The van der Waals surface area contributed by atoms with Crippen LogP contribution in [0.1, 0.15) is 46.5 Å². The monoisotopic (exact) mass is 245 g/mol. The Bertz CT molecular complexity index is 205. The van der Waals surface area contributed by atoms with Crippen molar-refractivity contribution in [2.24, 2.45) is 0 Å². The number of hydrogen-bond donors (Lipinski definition) is 1. The molecule has 0 aliphatic carbocycles. The third-order valence-corrected chi connectivity index (χ3v) is 3.21. The molecule has 0 aromatic rings. The fraction of sp³-hybridized carbons (Fsp3) is 0.923. The molecule has 0 heterocycles. The third-order valence-electron chi connectivity index (χ3n) is 3.21. The lowest BCUT2D eigenvalue weighted by atomic mass is 10.1. The fourth-order valence-electron chi connectivity index (χ4n) is 1.94. The molecular weight excluding hydrogens is 218 g/mol. The Kier molecular flexibility index (Phi) is 9.09. The predicted octanol–water partition coefficient (Wildman–Crippen LogP) is 1.81. The first-order valence-corrected chi connectivity index (χ1v) is 6.53. The topological polar surface area (TPSA) is 49.8 Å². The van der Waals surface area contributed by atoms with E-state index in [4.69, 9.17) is 9.84 Å². The smallest absolute Gasteiger partial charge is 0.222 e.